The molecule has 0 spiro atoms. The van der Waals surface area contributed by atoms with Crippen LogP contribution in [0.25, 0.3) is 16.0 Å². The molecule has 1 aromatic carbocycles. The van der Waals surface area contributed by atoms with Gasteiger partial charge < -0.3 is 9.47 Å². The van der Waals surface area contributed by atoms with Crippen LogP contribution in [0.5, 0.6) is 0 Å². The van der Waals surface area contributed by atoms with E-state index >= 15 is 0 Å². The first kappa shape index (κ1) is 34.3. The van der Waals surface area contributed by atoms with E-state index in [0.717, 1.165) is 41.8 Å². The Morgan fingerprint density at radius 3 is 2.26 bits per heavy atom. The fourth-order valence-electron chi connectivity index (χ4n) is 7.36. The number of amides is 2. The zero-order valence-corrected chi connectivity index (χ0v) is 32.0. The van der Waals surface area contributed by atoms with Gasteiger partial charge in [-0.05, 0) is 88.3 Å². The summed E-state index contributed by atoms with van der Waals surface area (Å²) in [6.07, 6.45) is 2.88. The molecule has 6 rings (SSSR count). The predicted molar refractivity (Wildman–Crippen MR) is 192 cm³/mol. The van der Waals surface area contributed by atoms with Gasteiger partial charge in [-0.2, -0.15) is 0 Å². The summed E-state index contributed by atoms with van der Waals surface area (Å²) in [4.78, 5) is 58.8. The fraction of sp³-hybridized carbons (Fsp3) is 0.444. The molecule has 7 nitrogen and oxygen atoms in total. The lowest BCUT2D eigenvalue weighted by molar-refractivity contribution is -0.150. The number of rotatable bonds is 10. The van der Waals surface area contributed by atoms with Crippen molar-refractivity contribution in [1.82, 2.24) is 4.90 Å². The minimum atomic E-state index is -0.867. The molecular weight excluding hydrogens is 766 g/mol. The van der Waals surface area contributed by atoms with Crippen molar-refractivity contribution >= 4 is 83.9 Å². The molecular formula is C36H37Br2NO6S2. The molecule has 47 heavy (non-hydrogen) atoms. The molecule has 2 aromatic heterocycles. The second-order valence-corrected chi connectivity index (χ2v) is 20.1. The van der Waals surface area contributed by atoms with Crippen molar-refractivity contribution < 1.29 is 28.7 Å². The van der Waals surface area contributed by atoms with Gasteiger partial charge in [0.2, 0.25) is 11.8 Å². The number of ether oxygens (including phenoxy) is 2. The largest absolute Gasteiger partial charge is 0.463 e. The molecule has 4 atom stereocenters. The minimum absolute atomic E-state index is 0.0133. The molecule has 3 aliphatic rings. The van der Waals surface area contributed by atoms with E-state index in [1.54, 1.807) is 50.4 Å². The van der Waals surface area contributed by atoms with Gasteiger partial charge in [0.05, 0.1) is 18.4 Å². The molecule has 3 aromatic rings. The maximum atomic E-state index is 14.4. The second-order valence-electron chi connectivity index (χ2n) is 13.5. The van der Waals surface area contributed by atoms with Gasteiger partial charge in [-0.15, -0.1) is 22.7 Å². The highest BCUT2D eigenvalue weighted by Crippen LogP contribution is 2.67. The average molecular weight is 804 g/mol. The summed E-state index contributed by atoms with van der Waals surface area (Å²) < 4.78 is 9.40. The number of allylic oxidation sites excluding steroid dienone is 2. The molecule has 1 aliphatic heterocycles. The predicted octanol–water partition coefficient (Wildman–Crippen LogP) is 7.98. The van der Waals surface area contributed by atoms with E-state index in [1.807, 2.05) is 25.1 Å². The number of esters is 2. The topological polar surface area (TPSA) is 90.0 Å². The molecule has 2 bridgehead atoms. The van der Waals surface area contributed by atoms with Crippen LogP contribution in [0.4, 0.5) is 0 Å². The van der Waals surface area contributed by atoms with Crippen LogP contribution in [0.1, 0.15) is 59.9 Å². The Morgan fingerprint density at radius 1 is 0.936 bits per heavy atom. The first-order chi connectivity index (χ1) is 22.0. The number of fused-ring (bicyclic) bond motifs is 5. The molecule has 0 N–H and O–H groups in total. The van der Waals surface area contributed by atoms with Crippen molar-refractivity contribution in [3.05, 3.63) is 74.3 Å². The summed E-state index contributed by atoms with van der Waals surface area (Å²) in [7, 11) is 0. The van der Waals surface area contributed by atoms with Crippen LogP contribution in [0.3, 0.4) is 0 Å². The SMILES string of the molecule is Cc1sc(-c2ccccc2)cc1C1=C[C@H]2C[C@]1(c1cc(COC(=O)C(C)(C)Br)sc1C)[C@H]1C(=O)N(CCOC(=O)C(C)(C)Br)C(=O)[C@@H]21. The zero-order chi connectivity index (χ0) is 34.1. The maximum absolute atomic E-state index is 14.4. The van der Waals surface area contributed by atoms with E-state index in [-0.39, 0.29) is 43.5 Å². The van der Waals surface area contributed by atoms with E-state index in [9.17, 15) is 19.2 Å². The average Bonchev–Trinajstić information content (AvgIpc) is 3.80. The van der Waals surface area contributed by atoms with Gasteiger partial charge in [-0.25, -0.2) is 0 Å². The number of aryl methyl sites for hydroxylation is 2. The van der Waals surface area contributed by atoms with Crippen LogP contribution >= 0.6 is 54.5 Å². The lowest BCUT2D eigenvalue weighted by Crippen LogP contribution is -2.41. The standard InChI is InChI=1S/C36H37Br2NO6S2/c1-19-24(16-27(47-19)21-10-8-7-9-11-21)26-14-22-17-36(26,25-15-23(46-20(25)2)18-45-33(43)35(5,6)38)29-28(22)30(40)39(31(29)41)12-13-44-32(42)34(3,4)37/h7-11,14-16,22,28-29H,12-13,17-18H2,1-6H3/t22-,28-,29+,36+/m0/s1. The molecule has 0 radical (unpaired) electrons. The van der Waals surface area contributed by atoms with Crippen LogP contribution in [0.15, 0.2) is 48.5 Å². The van der Waals surface area contributed by atoms with Crippen LogP contribution in [-0.2, 0) is 40.7 Å². The highest BCUT2D eigenvalue weighted by atomic mass is 79.9. The quantitative estimate of drug-likeness (QED) is 0.117. The van der Waals surface area contributed by atoms with Gasteiger partial charge in [-0.3, -0.25) is 24.1 Å². The number of alkyl halides is 2. The lowest BCUT2D eigenvalue weighted by atomic mass is 9.64. The first-order valence-corrected chi connectivity index (χ1v) is 18.8. The van der Waals surface area contributed by atoms with Crippen molar-refractivity contribution in [2.45, 2.75) is 68.6 Å². The summed E-state index contributed by atoms with van der Waals surface area (Å²) in [6, 6.07) is 14.6. The smallest absolute Gasteiger partial charge is 0.322 e. The van der Waals surface area contributed by atoms with Crippen molar-refractivity contribution in [1.29, 1.82) is 0 Å². The number of thiophene rings is 2. The highest BCUT2D eigenvalue weighted by molar-refractivity contribution is 9.10. The van der Waals surface area contributed by atoms with E-state index in [4.69, 9.17) is 9.47 Å². The summed E-state index contributed by atoms with van der Waals surface area (Å²) in [6.45, 7) is 11.1. The van der Waals surface area contributed by atoms with E-state index < -0.39 is 31.9 Å². The summed E-state index contributed by atoms with van der Waals surface area (Å²) in [5.74, 6) is -2.43. The van der Waals surface area contributed by atoms with Crippen molar-refractivity contribution in [2.24, 2.45) is 17.8 Å². The van der Waals surface area contributed by atoms with Crippen LogP contribution in [0, 0.1) is 31.6 Å². The van der Waals surface area contributed by atoms with Crippen molar-refractivity contribution in [3.63, 3.8) is 0 Å². The Hall–Kier alpha value is -2.60. The molecule has 248 valence electrons. The van der Waals surface area contributed by atoms with E-state index in [1.165, 1.54) is 4.90 Å². The molecule has 0 unspecified atom stereocenters. The molecule has 2 aliphatic carbocycles. The lowest BCUT2D eigenvalue weighted by Gasteiger charge is -2.37. The molecule has 3 heterocycles. The van der Waals surface area contributed by atoms with Crippen LogP contribution in [-0.4, -0.2) is 50.5 Å². The highest BCUT2D eigenvalue weighted by Gasteiger charge is 2.69. The molecule has 11 heteroatoms. The van der Waals surface area contributed by atoms with E-state index in [0.29, 0.717) is 6.42 Å². The minimum Gasteiger partial charge on any atom is -0.463 e. The van der Waals surface area contributed by atoms with Crippen molar-refractivity contribution in [3.8, 4) is 10.4 Å². The number of carbonyl (C=O) groups is 4. The van der Waals surface area contributed by atoms with Gasteiger partial charge in [0.25, 0.3) is 0 Å². The number of carbonyl (C=O) groups excluding carboxylic acids is 4. The van der Waals surface area contributed by atoms with Gasteiger partial charge in [-0.1, -0.05) is 68.3 Å². The zero-order valence-electron chi connectivity index (χ0n) is 27.1. The number of imide groups is 1. The third-order valence-electron chi connectivity index (χ3n) is 9.43. The monoisotopic (exact) mass is 801 g/mol. The third kappa shape index (κ3) is 5.99. The summed E-state index contributed by atoms with van der Waals surface area (Å²) >= 11 is 9.97. The number of likely N-dealkylation sites (tertiary alicyclic amines) is 1. The Labute approximate surface area is 300 Å². The normalized spacial score (nSPS) is 23.7. The molecule has 1 saturated heterocycles. The van der Waals surface area contributed by atoms with Crippen LogP contribution < -0.4 is 0 Å². The van der Waals surface area contributed by atoms with Gasteiger partial charge >= 0.3 is 11.9 Å². The van der Waals surface area contributed by atoms with Crippen molar-refractivity contribution in [2.75, 3.05) is 13.2 Å². The fourth-order valence-corrected chi connectivity index (χ4v) is 9.67. The third-order valence-corrected chi connectivity index (χ3v) is 12.2. The maximum Gasteiger partial charge on any atom is 0.322 e. The molecule has 2 fully saturated rings. The molecule has 1 saturated carbocycles. The molecule has 2 amide bonds. The number of hydrogen-bond donors (Lipinski definition) is 0. The summed E-state index contributed by atoms with van der Waals surface area (Å²) in [5, 5.41) is 0. The first-order valence-electron chi connectivity index (χ1n) is 15.6. The number of nitrogens with zero attached hydrogens (tertiary/aromatic N) is 1. The Morgan fingerprint density at radius 2 is 1.60 bits per heavy atom. The second kappa shape index (κ2) is 12.4. The number of hydrogen-bond acceptors (Lipinski definition) is 8. The summed E-state index contributed by atoms with van der Waals surface area (Å²) in [5.41, 5.74) is 3.59. The Balaban J connectivity index is 1.39. The Kier molecular flexibility index (Phi) is 9.02. The van der Waals surface area contributed by atoms with Gasteiger partial charge in [0.1, 0.15) is 21.9 Å². The number of benzene rings is 1. The Bertz CT molecular complexity index is 1800. The van der Waals surface area contributed by atoms with Gasteiger partial charge in [0, 0.05) is 24.9 Å². The van der Waals surface area contributed by atoms with Crippen LogP contribution in [0.2, 0.25) is 0 Å². The van der Waals surface area contributed by atoms with E-state index in [2.05, 4.69) is 69.1 Å². The number of halogens is 2. The van der Waals surface area contributed by atoms with Gasteiger partial charge in [0.15, 0.2) is 0 Å².